The standard InChI is InChI=1S/C14H18BrFN2.ClH/c1-2-3-14(18-8-6-17-7-9-18)11-4-5-13(16)12(15)10-11;/h2,4-5,10,14,17H,1,3,6-9H2;1H/t14-;/m1./s1. The molecule has 0 saturated carbocycles. The Labute approximate surface area is 128 Å². The molecule has 1 heterocycles. The lowest BCUT2D eigenvalue weighted by Crippen LogP contribution is -2.45. The van der Waals surface area contributed by atoms with Crippen molar-refractivity contribution in [1.82, 2.24) is 10.2 Å². The summed E-state index contributed by atoms with van der Waals surface area (Å²) in [6, 6.07) is 5.57. The molecule has 0 aliphatic carbocycles. The number of nitrogens with one attached hydrogen (secondary N) is 1. The van der Waals surface area contributed by atoms with Crippen LogP contribution in [0.4, 0.5) is 4.39 Å². The van der Waals surface area contributed by atoms with Crippen LogP contribution in [0.1, 0.15) is 18.0 Å². The van der Waals surface area contributed by atoms with Gasteiger partial charge in [0.2, 0.25) is 0 Å². The van der Waals surface area contributed by atoms with Crippen molar-refractivity contribution in [3.05, 3.63) is 46.7 Å². The third kappa shape index (κ3) is 4.28. The van der Waals surface area contributed by atoms with Crippen molar-refractivity contribution < 1.29 is 4.39 Å². The predicted molar refractivity (Wildman–Crippen MR) is 83.3 cm³/mol. The summed E-state index contributed by atoms with van der Waals surface area (Å²) in [6.45, 7) is 7.90. The van der Waals surface area contributed by atoms with E-state index in [9.17, 15) is 4.39 Å². The number of halogens is 3. The van der Waals surface area contributed by atoms with Crippen molar-refractivity contribution in [2.75, 3.05) is 26.2 Å². The summed E-state index contributed by atoms with van der Waals surface area (Å²) in [6.07, 6.45) is 2.82. The lowest BCUT2D eigenvalue weighted by molar-refractivity contribution is 0.174. The van der Waals surface area contributed by atoms with Gasteiger partial charge in [0.1, 0.15) is 5.82 Å². The van der Waals surface area contributed by atoms with Gasteiger partial charge in [-0.05, 0) is 40.0 Å². The lowest BCUT2D eigenvalue weighted by Gasteiger charge is -2.34. The number of piperazine rings is 1. The minimum atomic E-state index is -0.212. The summed E-state index contributed by atoms with van der Waals surface area (Å²) in [7, 11) is 0. The second-order valence-electron chi connectivity index (χ2n) is 4.50. The molecule has 1 aromatic rings. The predicted octanol–water partition coefficient (Wildman–Crippen LogP) is 3.53. The van der Waals surface area contributed by atoms with Crippen molar-refractivity contribution >= 4 is 28.3 Å². The van der Waals surface area contributed by atoms with Gasteiger partial charge in [-0.15, -0.1) is 19.0 Å². The van der Waals surface area contributed by atoms with Crippen LogP contribution >= 0.6 is 28.3 Å². The fraction of sp³-hybridized carbons (Fsp3) is 0.429. The largest absolute Gasteiger partial charge is 0.314 e. The smallest absolute Gasteiger partial charge is 0.137 e. The van der Waals surface area contributed by atoms with Gasteiger partial charge in [0, 0.05) is 32.2 Å². The Morgan fingerprint density at radius 3 is 2.68 bits per heavy atom. The van der Waals surface area contributed by atoms with E-state index in [1.807, 2.05) is 18.2 Å². The van der Waals surface area contributed by atoms with Gasteiger partial charge in [0.25, 0.3) is 0 Å². The third-order valence-corrected chi connectivity index (χ3v) is 3.92. The highest BCUT2D eigenvalue weighted by molar-refractivity contribution is 9.10. The molecule has 106 valence electrons. The average molecular weight is 350 g/mol. The zero-order valence-corrected chi connectivity index (χ0v) is 13.1. The Kier molecular flexibility index (Phi) is 7.00. The average Bonchev–Trinajstić information content (AvgIpc) is 2.40. The number of hydrogen-bond acceptors (Lipinski definition) is 2. The molecule has 1 N–H and O–H groups in total. The summed E-state index contributed by atoms with van der Waals surface area (Å²) in [5, 5.41) is 3.35. The molecule has 19 heavy (non-hydrogen) atoms. The Balaban J connectivity index is 0.00000180. The van der Waals surface area contributed by atoms with E-state index in [1.54, 1.807) is 0 Å². The van der Waals surface area contributed by atoms with Crippen LogP contribution in [0.25, 0.3) is 0 Å². The number of rotatable bonds is 4. The van der Waals surface area contributed by atoms with E-state index in [-0.39, 0.29) is 18.2 Å². The van der Waals surface area contributed by atoms with Crippen LogP contribution in [0, 0.1) is 5.82 Å². The van der Waals surface area contributed by atoms with Crippen LogP contribution in [0.3, 0.4) is 0 Å². The van der Waals surface area contributed by atoms with Crippen molar-refractivity contribution in [2.45, 2.75) is 12.5 Å². The van der Waals surface area contributed by atoms with Crippen LogP contribution in [0.5, 0.6) is 0 Å². The van der Waals surface area contributed by atoms with Gasteiger partial charge in [0.15, 0.2) is 0 Å². The van der Waals surface area contributed by atoms with Gasteiger partial charge in [0.05, 0.1) is 4.47 Å². The van der Waals surface area contributed by atoms with Crippen molar-refractivity contribution in [3.8, 4) is 0 Å². The van der Waals surface area contributed by atoms with E-state index in [4.69, 9.17) is 0 Å². The second-order valence-corrected chi connectivity index (χ2v) is 5.35. The van der Waals surface area contributed by atoms with Crippen molar-refractivity contribution in [3.63, 3.8) is 0 Å². The van der Waals surface area contributed by atoms with E-state index in [1.165, 1.54) is 6.07 Å². The molecule has 1 saturated heterocycles. The van der Waals surface area contributed by atoms with Gasteiger partial charge < -0.3 is 5.32 Å². The molecule has 2 rings (SSSR count). The molecule has 1 fully saturated rings. The first-order chi connectivity index (χ1) is 8.72. The monoisotopic (exact) mass is 348 g/mol. The Morgan fingerprint density at radius 1 is 1.42 bits per heavy atom. The molecule has 0 spiro atoms. The molecule has 0 aromatic heterocycles. The number of nitrogens with zero attached hydrogens (tertiary/aromatic N) is 1. The first kappa shape index (κ1) is 16.6. The first-order valence-electron chi connectivity index (χ1n) is 6.23. The highest BCUT2D eigenvalue weighted by atomic mass is 79.9. The summed E-state index contributed by atoms with van der Waals surface area (Å²) in [4.78, 5) is 2.43. The first-order valence-corrected chi connectivity index (χ1v) is 7.02. The maximum atomic E-state index is 13.3. The molecule has 1 atom stereocenters. The van der Waals surface area contributed by atoms with Crippen molar-refractivity contribution in [1.29, 1.82) is 0 Å². The maximum absolute atomic E-state index is 13.3. The normalized spacial score (nSPS) is 17.6. The fourth-order valence-corrected chi connectivity index (χ4v) is 2.76. The quantitative estimate of drug-likeness (QED) is 0.837. The second kappa shape index (κ2) is 8.00. The highest BCUT2D eigenvalue weighted by Gasteiger charge is 2.21. The molecule has 2 nitrogen and oxygen atoms in total. The minimum absolute atomic E-state index is 0. The maximum Gasteiger partial charge on any atom is 0.137 e. The van der Waals surface area contributed by atoms with Crippen LogP contribution in [0.15, 0.2) is 35.3 Å². The van der Waals surface area contributed by atoms with E-state index in [0.717, 1.165) is 38.2 Å². The Bertz CT molecular complexity index is 422. The highest BCUT2D eigenvalue weighted by Crippen LogP contribution is 2.28. The fourth-order valence-electron chi connectivity index (χ4n) is 2.37. The van der Waals surface area contributed by atoms with Crippen LogP contribution < -0.4 is 5.32 Å². The Morgan fingerprint density at radius 2 is 2.11 bits per heavy atom. The Hall–Kier alpha value is -0.420. The number of benzene rings is 1. The number of hydrogen-bond donors (Lipinski definition) is 1. The molecular weight excluding hydrogens is 331 g/mol. The lowest BCUT2D eigenvalue weighted by atomic mass is 10.0. The van der Waals surface area contributed by atoms with Crippen LogP contribution in [0.2, 0.25) is 0 Å². The van der Waals surface area contributed by atoms with Gasteiger partial charge in [-0.25, -0.2) is 4.39 Å². The molecule has 0 radical (unpaired) electrons. The summed E-state index contributed by atoms with van der Waals surface area (Å²) in [5.74, 6) is -0.212. The molecule has 0 amide bonds. The van der Waals surface area contributed by atoms with Gasteiger partial charge in [-0.2, -0.15) is 0 Å². The summed E-state index contributed by atoms with van der Waals surface area (Å²) >= 11 is 3.26. The van der Waals surface area contributed by atoms with Crippen LogP contribution in [-0.2, 0) is 0 Å². The minimum Gasteiger partial charge on any atom is -0.314 e. The van der Waals surface area contributed by atoms with E-state index in [2.05, 4.69) is 32.7 Å². The molecule has 0 bridgehead atoms. The van der Waals surface area contributed by atoms with Gasteiger partial charge in [-0.1, -0.05) is 12.1 Å². The van der Waals surface area contributed by atoms with Gasteiger partial charge in [-0.3, -0.25) is 4.90 Å². The molecule has 5 heteroatoms. The molecular formula is C14H19BrClFN2. The van der Waals surface area contributed by atoms with E-state index < -0.39 is 0 Å². The van der Waals surface area contributed by atoms with Crippen molar-refractivity contribution in [2.24, 2.45) is 0 Å². The summed E-state index contributed by atoms with van der Waals surface area (Å²) < 4.78 is 13.8. The van der Waals surface area contributed by atoms with E-state index in [0.29, 0.717) is 10.5 Å². The molecule has 1 aliphatic rings. The third-order valence-electron chi connectivity index (χ3n) is 3.31. The summed E-state index contributed by atoms with van der Waals surface area (Å²) in [5.41, 5.74) is 1.14. The van der Waals surface area contributed by atoms with Gasteiger partial charge >= 0.3 is 0 Å². The molecule has 1 aromatic carbocycles. The molecule has 1 aliphatic heterocycles. The zero-order chi connectivity index (χ0) is 13.0. The zero-order valence-electron chi connectivity index (χ0n) is 10.7. The SMILES string of the molecule is C=CC[C@H](c1ccc(F)c(Br)c1)N1CCNCC1.Cl. The van der Waals surface area contributed by atoms with Crippen LogP contribution in [-0.4, -0.2) is 31.1 Å². The molecule has 0 unspecified atom stereocenters. The topological polar surface area (TPSA) is 15.3 Å². The van der Waals surface area contributed by atoms with E-state index >= 15 is 0 Å².